The molecule has 19 heavy (non-hydrogen) atoms. The molecule has 1 aromatic carbocycles. The summed E-state index contributed by atoms with van der Waals surface area (Å²) in [7, 11) is 1.30. The van der Waals surface area contributed by atoms with Gasteiger partial charge in [-0.1, -0.05) is 18.2 Å². The van der Waals surface area contributed by atoms with Gasteiger partial charge in [-0.15, -0.1) is 0 Å². The summed E-state index contributed by atoms with van der Waals surface area (Å²) in [4.78, 5) is 22.8. The van der Waals surface area contributed by atoms with Gasteiger partial charge in [0, 0.05) is 15.6 Å². The molecule has 0 spiro atoms. The van der Waals surface area contributed by atoms with E-state index >= 15 is 0 Å². The van der Waals surface area contributed by atoms with Crippen LogP contribution in [-0.2, 0) is 14.3 Å². The first-order chi connectivity index (χ1) is 8.80. The van der Waals surface area contributed by atoms with Crippen molar-refractivity contribution in [1.82, 2.24) is 0 Å². The molecule has 0 fully saturated rings. The number of hydrogen-bond acceptors (Lipinski definition) is 4. The Labute approximate surface area is 121 Å². The number of esters is 1. The summed E-state index contributed by atoms with van der Waals surface area (Å²) in [5.74, 6) is -0.501. The Kier molecular flexibility index (Phi) is 5.26. The molecule has 0 aliphatic rings. The number of aldehydes is 1. The average molecular weight is 329 g/mol. The topological polar surface area (TPSA) is 52.6 Å². The molecule has 1 unspecified atom stereocenters. The van der Waals surface area contributed by atoms with Crippen LogP contribution in [0.3, 0.4) is 0 Å². The van der Waals surface area contributed by atoms with Crippen molar-refractivity contribution in [3.05, 3.63) is 33.8 Å². The van der Waals surface area contributed by atoms with Gasteiger partial charge in [0.15, 0.2) is 12.4 Å². The highest BCUT2D eigenvalue weighted by atomic mass is 79.9. The van der Waals surface area contributed by atoms with E-state index in [9.17, 15) is 9.59 Å². The van der Waals surface area contributed by atoms with E-state index < -0.39 is 17.7 Å². The van der Waals surface area contributed by atoms with Crippen molar-refractivity contribution in [2.75, 3.05) is 7.11 Å². The number of methoxy groups -OCH3 is 1. The predicted octanol–water partition coefficient (Wildman–Crippen LogP) is 3.29. The SMILES string of the molecule is COC(=O)C(OC(C)(C)C)c1cccc(C=O)c1Br. The molecule has 104 valence electrons. The lowest BCUT2D eigenvalue weighted by atomic mass is 10.0. The molecular formula is C14H17BrO4. The molecule has 5 heteroatoms. The van der Waals surface area contributed by atoms with Crippen molar-refractivity contribution in [1.29, 1.82) is 0 Å². The molecule has 1 aromatic rings. The van der Waals surface area contributed by atoms with Crippen molar-refractivity contribution in [2.24, 2.45) is 0 Å². The fraction of sp³-hybridized carbons (Fsp3) is 0.429. The lowest BCUT2D eigenvalue weighted by Crippen LogP contribution is -2.28. The Hall–Kier alpha value is -1.20. The molecule has 0 aliphatic heterocycles. The van der Waals surface area contributed by atoms with Crippen LogP contribution < -0.4 is 0 Å². The zero-order valence-corrected chi connectivity index (χ0v) is 13.0. The van der Waals surface area contributed by atoms with E-state index in [2.05, 4.69) is 15.9 Å². The fourth-order valence-corrected chi connectivity index (χ4v) is 2.13. The first-order valence-corrected chi connectivity index (χ1v) is 6.58. The molecule has 0 radical (unpaired) electrons. The minimum atomic E-state index is -0.876. The number of carbonyl (C=O) groups is 2. The van der Waals surface area contributed by atoms with Crippen LogP contribution in [0.1, 0.15) is 42.8 Å². The third-order valence-electron chi connectivity index (χ3n) is 2.35. The van der Waals surface area contributed by atoms with Gasteiger partial charge in [0.1, 0.15) is 0 Å². The second kappa shape index (κ2) is 6.30. The van der Waals surface area contributed by atoms with E-state index in [1.165, 1.54) is 7.11 Å². The molecule has 0 bridgehead atoms. The molecule has 1 atom stereocenters. The zero-order valence-electron chi connectivity index (χ0n) is 11.4. The summed E-state index contributed by atoms with van der Waals surface area (Å²) < 4.78 is 11.1. The first-order valence-electron chi connectivity index (χ1n) is 5.79. The minimum Gasteiger partial charge on any atom is -0.467 e. The van der Waals surface area contributed by atoms with Crippen molar-refractivity contribution in [3.63, 3.8) is 0 Å². The molecule has 0 aliphatic carbocycles. The van der Waals surface area contributed by atoms with Crippen LogP contribution in [0.5, 0.6) is 0 Å². The molecule has 0 saturated heterocycles. The highest BCUT2D eigenvalue weighted by Gasteiger charge is 2.29. The Morgan fingerprint density at radius 1 is 1.37 bits per heavy atom. The number of rotatable bonds is 4. The summed E-state index contributed by atoms with van der Waals surface area (Å²) >= 11 is 3.33. The van der Waals surface area contributed by atoms with Crippen LogP contribution in [0.25, 0.3) is 0 Å². The van der Waals surface area contributed by atoms with Gasteiger partial charge >= 0.3 is 5.97 Å². The summed E-state index contributed by atoms with van der Waals surface area (Å²) in [5.41, 5.74) is 0.519. The maximum absolute atomic E-state index is 11.9. The van der Waals surface area contributed by atoms with Gasteiger partial charge in [0.2, 0.25) is 0 Å². The Bertz CT molecular complexity index is 477. The van der Waals surface area contributed by atoms with E-state index in [-0.39, 0.29) is 0 Å². The van der Waals surface area contributed by atoms with Crippen LogP contribution in [0, 0.1) is 0 Å². The third kappa shape index (κ3) is 4.14. The first kappa shape index (κ1) is 15.9. The maximum atomic E-state index is 11.9. The van der Waals surface area contributed by atoms with Crippen LogP contribution in [0.4, 0.5) is 0 Å². The summed E-state index contributed by atoms with van der Waals surface area (Å²) in [6.45, 7) is 5.54. The lowest BCUT2D eigenvalue weighted by Gasteiger charge is -2.27. The van der Waals surface area contributed by atoms with Gasteiger partial charge in [-0.2, -0.15) is 0 Å². The second-order valence-corrected chi connectivity index (χ2v) is 5.79. The fourth-order valence-electron chi connectivity index (χ4n) is 1.56. The second-order valence-electron chi connectivity index (χ2n) is 5.00. The van der Waals surface area contributed by atoms with E-state index in [0.717, 1.165) is 6.29 Å². The van der Waals surface area contributed by atoms with E-state index in [1.54, 1.807) is 18.2 Å². The van der Waals surface area contributed by atoms with E-state index in [1.807, 2.05) is 20.8 Å². The number of halogens is 1. The number of benzene rings is 1. The Morgan fingerprint density at radius 3 is 2.47 bits per heavy atom. The van der Waals surface area contributed by atoms with Gasteiger partial charge in [-0.05, 0) is 36.7 Å². The smallest absolute Gasteiger partial charge is 0.339 e. The molecule has 0 aromatic heterocycles. The lowest BCUT2D eigenvalue weighted by molar-refractivity contribution is -0.164. The van der Waals surface area contributed by atoms with Gasteiger partial charge in [0.25, 0.3) is 0 Å². The molecule has 0 N–H and O–H groups in total. The monoisotopic (exact) mass is 328 g/mol. The summed E-state index contributed by atoms with van der Waals surface area (Å²) in [6, 6.07) is 5.09. The molecule has 1 rings (SSSR count). The van der Waals surface area contributed by atoms with E-state index in [0.29, 0.717) is 15.6 Å². The Balaban J connectivity index is 3.25. The van der Waals surface area contributed by atoms with Gasteiger partial charge in [-0.25, -0.2) is 4.79 Å². The van der Waals surface area contributed by atoms with Gasteiger partial charge < -0.3 is 9.47 Å². The molecule has 4 nitrogen and oxygen atoms in total. The van der Waals surface area contributed by atoms with E-state index in [4.69, 9.17) is 9.47 Å². The average Bonchev–Trinajstić information content (AvgIpc) is 2.34. The van der Waals surface area contributed by atoms with Gasteiger partial charge in [0.05, 0.1) is 12.7 Å². The number of hydrogen-bond donors (Lipinski definition) is 0. The standard InChI is InChI=1S/C14H17BrO4/c1-14(2,3)19-12(13(17)18-4)10-7-5-6-9(8-16)11(10)15/h5-8,12H,1-4H3. The van der Waals surface area contributed by atoms with Crippen LogP contribution in [-0.4, -0.2) is 25.0 Å². The predicted molar refractivity (Wildman–Crippen MR) is 75.1 cm³/mol. The highest BCUT2D eigenvalue weighted by Crippen LogP contribution is 2.32. The number of carbonyl (C=O) groups excluding carboxylic acids is 2. The van der Waals surface area contributed by atoms with Crippen molar-refractivity contribution >= 4 is 28.2 Å². The summed E-state index contributed by atoms with van der Waals surface area (Å²) in [6.07, 6.45) is -0.154. The van der Waals surface area contributed by atoms with Crippen LogP contribution in [0.15, 0.2) is 22.7 Å². The van der Waals surface area contributed by atoms with Gasteiger partial charge in [-0.3, -0.25) is 4.79 Å². The number of ether oxygens (including phenoxy) is 2. The quantitative estimate of drug-likeness (QED) is 0.628. The van der Waals surface area contributed by atoms with Crippen molar-refractivity contribution in [3.8, 4) is 0 Å². The highest BCUT2D eigenvalue weighted by molar-refractivity contribution is 9.10. The maximum Gasteiger partial charge on any atom is 0.339 e. The van der Waals surface area contributed by atoms with Crippen LogP contribution >= 0.6 is 15.9 Å². The third-order valence-corrected chi connectivity index (χ3v) is 3.27. The molecule has 0 amide bonds. The van der Waals surface area contributed by atoms with Crippen molar-refractivity contribution in [2.45, 2.75) is 32.5 Å². The molecule has 0 heterocycles. The minimum absolute atomic E-state index is 0.462. The normalized spacial score (nSPS) is 12.9. The van der Waals surface area contributed by atoms with Crippen molar-refractivity contribution < 1.29 is 19.1 Å². The molecule has 0 saturated carbocycles. The Morgan fingerprint density at radius 2 is 2.00 bits per heavy atom. The largest absolute Gasteiger partial charge is 0.467 e. The molecular weight excluding hydrogens is 312 g/mol. The zero-order chi connectivity index (χ0) is 14.6. The van der Waals surface area contributed by atoms with Crippen LogP contribution in [0.2, 0.25) is 0 Å². The summed E-state index contributed by atoms with van der Waals surface area (Å²) in [5, 5.41) is 0.